The topological polar surface area (TPSA) is 58.6 Å². The number of likely N-dealkylation sites (N-methyl/N-ethyl adjacent to an activating group) is 1. The van der Waals surface area contributed by atoms with E-state index in [0.29, 0.717) is 24.8 Å². The molecular weight excluding hydrogens is 300 g/mol. The van der Waals surface area contributed by atoms with Gasteiger partial charge in [0.05, 0.1) is 17.5 Å². The maximum absolute atomic E-state index is 12.5. The van der Waals surface area contributed by atoms with Gasteiger partial charge in [0, 0.05) is 25.2 Å². The fraction of sp³-hybridized carbons (Fsp3) is 0.538. The summed E-state index contributed by atoms with van der Waals surface area (Å²) in [5, 5.41) is 3.44. The Morgan fingerprint density at radius 1 is 1.50 bits per heavy atom. The average Bonchev–Trinajstić information content (AvgIpc) is 2.94. The van der Waals surface area contributed by atoms with E-state index in [9.17, 15) is 8.42 Å². The third kappa shape index (κ3) is 3.15. The quantitative estimate of drug-likeness (QED) is 0.893. The van der Waals surface area contributed by atoms with E-state index in [1.165, 1.54) is 10.4 Å². The molecule has 0 aliphatic carbocycles. The maximum Gasteiger partial charge on any atom is 0.243 e. The molecule has 0 bridgehead atoms. The molecule has 0 aromatic heterocycles. The van der Waals surface area contributed by atoms with Crippen molar-refractivity contribution in [3.05, 3.63) is 28.8 Å². The smallest absolute Gasteiger partial charge is 0.243 e. The largest absolute Gasteiger partial charge is 0.380 e. The number of ether oxygens (including phenoxy) is 1. The van der Waals surface area contributed by atoms with Gasteiger partial charge in [0.15, 0.2) is 0 Å². The Balaban J connectivity index is 2.27. The highest BCUT2D eigenvalue weighted by molar-refractivity contribution is 7.89. The van der Waals surface area contributed by atoms with Crippen molar-refractivity contribution in [1.29, 1.82) is 0 Å². The summed E-state index contributed by atoms with van der Waals surface area (Å²) in [5.74, 6) is 0. The van der Waals surface area contributed by atoms with Gasteiger partial charge in [-0.1, -0.05) is 17.7 Å². The molecule has 1 aromatic carbocycles. The van der Waals surface area contributed by atoms with Gasteiger partial charge in [-0.15, -0.1) is 0 Å². The lowest BCUT2D eigenvalue weighted by atomic mass is 10.2. The molecule has 5 nitrogen and oxygen atoms in total. The van der Waals surface area contributed by atoms with Crippen LogP contribution in [0, 0.1) is 0 Å². The van der Waals surface area contributed by atoms with Gasteiger partial charge in [-0.05, 0) is 31.2 Å². The van der Waals surface area contributed by atoms with Crippen LogP contribution in [-0.4, -0.2) is 46.1 Å². The van der Waals surface area contributed by atoms with Gasteiger partial charge in [0.1, 0.15) is 0 Å². The summed E-state index contributed by atoms with van der Waals surface area (Å²) in [6, 6.07) is 4.75. The molecule has 1 aliphatic heterocycles. The van der Waals surface area contributed by atoms with E-state index in [-0.39, 0.29) is 10.9 Å². The van der Waals surface area contributed by atoms with Crippen LogP contribution in [0.3, 0.4) is 0 Å². The highest BCUT2D eigenvalue weighted by Gasteiger charge is 2.30. The summed E-state index contributed by atoms with van der Waals surface area (Å²) in [7, 11) is -0.126. The Morgan fingerprint density at radius 2 is 2.25 bits per heavy atom. The number of hydrogen-bond donors (Lipinski definition) is 1. The first-order chi connectivity index (χ1) is 9.46. The number of nitrogens with one attached hydrogen (secondary N) is 1. The van der Waals surface area contributed by atoms with Crippen LogP contribution in [0.1, 0.15) is 12.0 Å². The van der Waals surface area contributed by atoms with Crippen molar-refractivity contribution in [1.82, 2.24) is 9.62 Å². The van der Waals surface area contributed by atoms with Crippen LogP contribution in [0.2, 0.25) is 5.02 Å². The van der Waals surface area contributed by atoms with Gasteiger partial charge in [-0.2, -0.15) is 4.31 Å². The first-order valence-corrected chi connectivity index (χ1v) is 8.27. The number of benzene rings is 1. The van der Waals surface area contributed by atoms with Crippen molar-refractivity contribution in [3.63, 3.8) is 0 Å². The van der Waals surface area contributed by atoms with Crippen LogP contribution in [-0.2, 0) is 21.3 Å². The molecular formula is C13H19ClN2O3S. The van der Waals surface area contributed by atoms with Crippen LogP contribution >= 0.6 is 11.6 Å². The molecule has 1 atom stereocenters. The van der Waals surface area contributed by atoms with Crippen molar-refractivity contribution >= 4 is 21.6 Å². The zero-order chi connectivity index (χ0) is 14.8. The molecule has 1 fully saturated rings. The summed E-state index contributed by atoms with van der Waals surface area (Å²) < 4.78 is 31.7. The molecule has 1 heterocycles. The monoisotopic (exact) mass is 318 g/mol. The molecule has 7 heteroatoms. The summed E-state index contributed by atoms with van der Waals surface area (Å²) in [6.07, 6.45) is 0.724. The Bertz CT molecular complexity index is 571. The SMILES string of the molecule is CNCc1ccc(S(=O)(=O)N(C)C2CCOC2)cc1Cl. The molecule has 1 saturated heterocycles. The number of nitrogens with zero attached hydrogens (tertiary/aromatic N) is 1. The molecule has 1 unspecified atom stereocenters. The van der Waals surface area contributed by atoms with E-state index < -0.39 is 10.0 Å². The Kier molecular flexibility index (Phi) is 5.04. The second-order valence-corrected chi connectivity index (χ2v) is 7.23. The van der Waals surface area contributed by atoms with E-state index in [4.69, 9.17) is 16.3 Å². The van der Waals surface area contributed by atoms with Crippen molar-refractivity contribution in [2.24, 2.45) is 0 Å². The summed E-state index contributed by atoms with van der Waals surface area (Å²) in [6.45, 7) is 1.65. The standard InChI is InChI=1S/C13H19ClN2O3S/c1-15-8-10-3-4-12(7-13(10)14)20(17,18)16(2)11-5-6-19-9-11/h3-4,7,11,15H,5-6,8-9H2,1-2H3. The van der Waals surface area contributed by atoms with Crippen LogP contribution < -0.4 is 5.32 Å². The van der Waals surface area contributed by atoms with Crippen LogP contribution in [0.4, 0.5) is 0 Å². The normalized spacial score (nSPS) is 19.7. The van der Waals surface area contributed by atoms with Crippen molar-refractivity contribution in [3.8, 4) is 0 Å². The summed E-state index contributed by atoms with van der Waals surface area (Å²) in [5.41, 5.74) is 0.875. The van der Waals surface area contributed by atoms with E-state index >= 15 is 0 Å². The van der Waals surface area contributed by atoms with Crippen LogP contribution in [0.25, 0.3) is 0 Å². The van der Waals surface area contributed by atoms with Crippen LogP contribution in [0.5, 0.6) is 0 Å². The molecule has 0 saturated carbocycles. The van der Waals surface area contributed by atoms with Crippen molar-refractivity contribution in [2.45, 2.75) is 23.9 Å². The second-order valence-electron chi connectivity index (χ2n) is 4.82. The van der Waals surface area contributed by atoms with E-state index in [0.717, 1.165) is 12.0 Å². The molecule has 0 amide bonds. The molecule has 0 radical (unpaired) electrons. The molecule has 20 heavy (non-hydrogen) atoms. The second kappa shape index (κ2) is 6.41. The molecule has 112 valence electrons. The minimum absolute atomic E-state index is 0.101. The molecule has 0 spiro atoms. The first-order valence-electron chi connectivity index (χ1n) is 6.45. The van der Waals surface area contributed by atoms with Gasteiger partial charge in [0.25, 0.3) is 0 Å². The molecule has 1 aromatic rings. The molecule has 1 aliphatic rings. The first kappa shape index (κ1) is 15.7. The van der Waals surface area contributed by atoms with E-state index in [2.05, 4.69) is 5.32 Å². The number of sulfonamides is 1. The van der Waals surface area contributed by atoms with Crippen molar-refractivity contribution in [2.75, 3.05) is 27.3 Å². The van der Waals surface area contributed by atoms with Gasteiger partial charge in [-0.3, -0.25) is 0 Å². The summed E-state index contributed by atoms with van der Waals surface area (Å²) in [4.78, 5) is 0.219. The fourth-order valence-electron chi connectivity index (χ4n) is 2.19. The lowest BCUT2D eigenvalue weighted by Gasteiger charge is -2.22. The maximum atomic E-state index is 12.5. The fourth-order valence-corrected chi connectivity index (χ4v) is 3.90. The Hall–Kier alpha value is -0.660. The number of hydrogen-bond acceptors (Lipinski definition) is 4. The predicted molar refractivity (Wildman–Crippen MR) is 78.4 cm³/mol. The zero-order valence-electron chi connectivity index (χ0n) is 11.6. The lowest BCUT2D eigenvalue weighted by molar-refractivity contribution is 0.181. The molecule has 1 N–H and O–H groups in total. The average molecular weight is 319 g/mol. The zero-order valence-corrected chi connectivity index (χ0v) is 13.2. The number of rotatable bonds is 5. The number of halogens is 1. The summed E-state index contributed by atoms with van der Waals surface area (Å²) >= 11 is 6.13. The Morgan fingerprint density at radius 3 is 2.80 bits per heavy atom. The Labute approximate surface area is 124 Å². The third-order valence-corrected chi connectivity index (χ3v) is 5.75. The predicted octanol–water partition coefficient (Wildman–Crippen LogP) is 1.47. The minimum atomic E-state index is -3.53. The highest BCUT2D eigenvalue weighted by atomic mass is 35.5. The van der Waals surface area contributed by atoms with Gasteiger partial charge < -0.3 is 10.1 Å². The van der Waals surface area contributed by atoms with Gasteiger partial charge in [-0.25, -0.2) is 8.42 Å². The van der Waals surface area contributed by atoms with Crippen LogP contribution in [0.15, 0.2) is 23.1 Å². The minimum Gasteiger partial charge on any atom is -0.380 e. The van der Waals surface area contributed by atoms with E-state index in [1.54, 1.807) is 19.2 Å². The highest BCUT2D eigenvalue weighted by Crippen LogP contribution is 2.25. The van der Waals surface area contributed by atoms with E-state index in [1.807, 2.05) is 7.05 Å². The van der Waals surface area contributed by atoms with Gasteiger partial charge in [0.2, 0.25) is 10.0 Å². The third-order valence-electron chi connectivity index (χ3n) is 3.49. The lowest BCUT2D eigenvalue weighted by Crippen LogP contribution is -2.37. The van der Waals surface area contributed by atoms with Gasteiger partial charge >= 0.3 is 0 Å². The molecule has 2 rings (SSSR count). The van der Waals surface area contributed by atoms with Crippen molar-refractivity contribution < 1.29 is 13.2 Å².